The van der Waals surface area contributed by atoms with Crippen molar-refractivity contribution >= 4 is 27.7 Å². The minimum Gasteiger partial charge on any atom is -0.548 e. The van der Waals surface area contributed by atoms with E-state index in [1.54, 1.807) is 0 Å². The predicted molar refractivity (Wildman–Crippen MR) is 72.7 cm³/mol. The van der Waals surface area contributed by atoms with E-state index in [9.17, 15) is 27.9 Å². The fraction of sp³-hybridized carbons (Fsp3) is 0.583. The third-order valence-corrected chi connectivity index (χ3v) is 7.27. The largest absolute Gasteiger partial charge is 1.00 e. The van der Waals surface area contributed by atoms with Crippen LogP contribution in [0.15, 0.2) is 6.20 Å². The molecule has 0 saturated carbocycles. The summed E-state index contributed by atoms with van der Waals surface area (Å²) in [4.78, 5) is 35.7. The van der Waals surface area contributed by atoms with E-state index < -0.39 is 50.4 Å². The molecule has 1 aromatic rings. The van der Waals surface area contributed by atoms with E-state index in [1.165, 1.54) is 6.92 Å². The third-order valence-electron chi connectivity index (χ3n) is 4.51. The molecule has 0 unspecified atom stereocenters. The van der Waals surface area contributed by atoms with Crippen molar-refractivity contribution in [2.45, 2.75) is 36.1 Å². The maximum Gasteiger partial charge on any atom is 1.00 e. The van der Waals surface area contributed by atoms with Crippen LogP contribution in [0, 0.1) is 0 Å². The van der Waals surface area contributed by atoms with E-state index in [1.807, 2.05) is 0 Å². The molecule has 1 amide bonds. The van der Waals surface area contributed by atoms with Gasteiger partial charge in [-0.1, -0.05) is 5.21 Å². The SMILES string of the molecule is COC(=O)c1cnnn1C[C@@]1(C)[C@H](C(=O)[O-])N2C(=O)C[C@@H]2S1(=O)=O.[Na+]. The quantitative estimate of drug-likeness (QED) is 0.282. The number of β-lactam (4-membered cyclic amide) rings is 1. The first kappa shape index (κ1) is 19.8. The first-order chi connectivity index (χ1) is 11.1. The number of carboxylic acid groups (broad SMARTS) is 1. The van der Waals surface area contributed by atoms with Gasteiger partial charge in [-0.25, -0.2) is 17.9 Å². The molecule has 2 saturated heterocycles. The number of amides is 1. The summed E-state index contributed by atoms with van der Waals surface area (Å²) in [5.41, 5.74) is -0.133. The number of nitrogens with zero attached hydrogens (tertiary/aromatic N) is 4. The summed E-state index contributed by atoms with van der Waals surface area (Å²) in [5.74, 6) is -3.06. The Bertz CT molecular complexity index is 853. The average Bonchev–Trinajstić information content (AvgIpc) is 3.00. The maximum atomic E-state index is 12.8. The van der Waals surface area contributed by atoms with E-state index in [2.05, 4.69) is 15.0 Å². The molecule has 13 heteroatoms. The molecule has 2 aliphatic heterocycles. The fourth-order valence-electron chi connectivity index (χ4n) is 3.21. The Morgan fingerprint density at radius 2 is 2.12 bits per heavy atom. The van der Waals surface area contributed by atoms with Crippen molar-refractivity contribution in [3.63, 3.8) is 0 Å². The van der Waals surface area contributed by atoms with E-state index in [4.69, 9.17) is 0 Å². The zero-order valence-corrected chi connectivity index (χ0v) is 16.5. The minimum absolute atomic E-state index is 0. The van der Waals surface area contributed by atoms with E-state index in [0.29, 0.717) is 0 Å². The van der Waals surface area contributed by atoms with Crippen LogP contribution in [0.3, 0.4) is 0 Å². The second-order valence-electron chi connectivity index (χ2n) is 5.81. The number of hydrogen-bond acceptors (Lipinski definition) is 9. The summed E-state index contributed by atoms with van der Waals surface area (Å²) in [7, 11) is -2.91. The van der Waals surface area contributed by atoms with Crippen LogP contribution in [0.25, 0.3) is 0 Å². The van der Waals surface area contributed by atoms with Crippen LogP contribution in [0.1, 0.15) is 23.8 Å². The standard InChI is InChI=1S/C12H14N4O7S.Na/c1-12(5-15-6(4-13-14-15)11(20)23-2)9(10(18)19)16-7(17)3-8(16)24(12,21)22;/h4,8-9H,3,5H2,1-2H3,(H,18,19);/q;+1/p-1/t8-,9-,12-;/m0./s1. The Balaban J connectivity index is 0.00000225. The van der Waals surface area contributed by atoms with Gasteiger partial charge in [-0.15, -0.1) is 5.10 Å². The van der Waals surface area contributed by atoms with Gasteiger partial charge in [0.25, 0.3) is 0 Å². The number of sulfone groups is 1. The van der Waals surface area contributed by atoms with Crippen LogP contribution < -0.4 is 34.7 Å². The number of methoxy groups -OCH3 is 1. The molecule has 11 nitrogen and oxygen atoms in total. The molecule has 1 aromatic heterocycles. The molecule has 3 heterocycles. The molecule has 3 atom stereocenters. The second kappa shape index (κ2) is 6.34. The molecule has 0 N–H and O–H groups in total. The summed E-state index contributed by atoms with van der Waals surface area (Å²) in [6, 6.07) is -1.68. The van der Waals surface area contributed by atoms with E-state index in [-0.39, 0.29) is 41.7 Å². The molecule has 0 bridgehead atoms. The molecule has 130 valence electrons. The number of fused-ring (bicyclic) bond motifs is 1. The van der Waals surface area contributed by atoms with Crippen molar-refractivity contribution in [2.75, 3.05) is 7.11 Å². The first-order valence-electron chi connectivity index (χ1n) is 6.87. The smallest absolute Gasteiger partial charge is 0.548 e. The molecule has 0 aliphatic carbocycles. The second-order valence-corrected chi connectivity index (χ2v) is 8.37. The van der Waals surface area contributed by atoms with Gasteiger partial charge in [-0.05, 0) is 6.92 Å². The van der Waals surface area contributed by atoms with Gasteiger partial charge < -0.3 is 19.5 Å². The van der Waals surface area contributed by atoms with Gasteiger partial charge in [0.2, 0.25) is 5.91 Å². The molecular weight excluding hydrogens is 367 g/mol. The first-order valence-corrected chi connectivity index (χ1v) is 8.42. The van der Waals surface area contributed by atoms with Gasteiger partial charge >= 0.3 is 35.5 Å². The normalized spacial score (nSPS) is 29.4. The van der Waals surface area contributed by atoms with Gasteiger partial charge in [0, 0.05) is 0 Å². The summed E-state index contributed by atoms with van der Waals surface area (Å²) in [5, 5.41) is 17.5. The van der Waals surface area contributed by atoms with Crippen LogP contribution in [-0.2, 0) is 30.7 Å². The predicted octanol–water partition coefficient (Wildman–Crippen LogP) is -6.07. The van der Waals surface area contributed by atoms with Gasteiger partial charge in [0.05, 0.1) is 38.3 Å². The van der Waals surface area contributed by atoms with Gasteiger partial charge in [-0.2, -0.15) is 0 Å². The molecular formula is C12H13N4NaO7S. The zero-order chi connectivity index (χ0) is 17.9. The topological polar surface area (TPSA) is 152 Å². The molecule has 0 radical (unpaired) electrons. The number of aliphatic carboxylic acids is 1. The number of carboxylic acids is 1. The summed E-state index contributed by atoms with van der Waals surface area (Å²) < 4.78 is 29.1. The number of rotatable bonds is 4. The summed E-state index contributed by atoms with van der Waals surface area (Å²) in [6.07, 6.45) is 0.799. The number of carbonyl (C=O) groups excluding carboxylic acids is 3. The number of hydrogen-bond donors (Lipinski definition) is 0. The molecule has 2 fully saturated rings. The van der Waals surface area contributed by atoms with Crippen LogP contribution in [0.4, 0.5) is 0 Å². The van der Waals surface area contributed by atoms with Gasteiger partial charge in [0.1, 0.15) is 10.1 Å². The average molecular weight is 380 g/mol. The van der Waals surface area contributed by atoms with Crippen molar-refractivity contribution in [1.29, 1.82) is 0 Å². The Kier molecular flexibility index (Phi) is 5.03. The van der Waals surface area contributed by atoms with Crippen LogP contribution in [-0.4, -0.2) is 69.4 Å². The van der Waals surface area contributed by atoms with Crippen molar-refractivity contribution in [3.8, 4) is 0 Å². The monoisotopic (exact) mass is 380 g/mol. The van der Waals surface area contributed by atoms with Gasteiger partial charge in [0.15, 0.2) is 15.5 Å². The number of ether oxygens (including phenoxy) is 1. The van der Waals surface area contributed by atoms with Crippen LogP contribution >= 0.6 is 0 Å². The number of aromatic nitrogens is 3. The number of esters is 1. The van der Waals surface area contributed by atoms with Crippen LogP contribution in [0.5, 0.6) is 0 Å². The summed E-state index contributed by atoms with van der Waals surface area (Å²) >= 11 is 0. The number of carbonyl (C=O) groups is 3. The molecule has 0 aromatic carbocycles. The van der Waals surface area contributed by atoms with Gasteiger partial charge in [-0.3, -0.25) is 4.79 Å². The molecule has 3 rings (SSSR count). The Morgan fingerprint density at radius 1 is 1.48 bits per heavy atom. The van der Waals surface area contributed by atoms with E-state index in [0.717, 1.165) is 22.9 Å². The Morgan fingerprint density at radius 3 is 2.64 bits per heavy atom. The van der Waals surface area contributed by atoms with Crippen molar-refractivity contribution in [2.24, 2.45) is 0 Å². The minimum atomic E-state index is -4.04. The van der Waals surface area contributed by atoms with Crippen LogP contribution in [0.2, 0.25) is 0 Å². The molecule has 25 heavy (non-hydrogen) atoms. The van der Waals surface area contributed by atoms with Crippen molar-refractivity contribution in [1.82, 2.24) is 19.9 Å². The zero-order valence-electron chi connectivity index (χ0n) is 13.7. The third kappa shape index (κ3) is 2.58. The van der Waals surface area contributed by atoms with Crippen molar-refractivity contribution in [3.05, 3.63) is 11.9 Å². The maximum absolute atomic E-state index is 12.8. The Hall–Kier alpha value is -1.50. The fourth-order valence-corrected chi connectivity index (χ4v) is 5.55. The van der Waals surface area contributed by atoms with E-state index >= 15 is 0 Å². The summed E-state index contributed by atoms with van der Waals surface area (Å²) in [6.45, 7) is 0.704. The Labute approximate surface area is 164 Å². The van der Waals surface area contributed by atoms with Crippen molar-refractivity contribution < 1.29 is 62.2 Å². The molecule has 2 aliphatic rings. The molecule has 0 spiro atoms.